The lowest BCUT2D eigenvalue weighted by atomic mass is 10.2. The second-order valence-corrected chi connectivity index (χ2v) is 1.40. The van der Waals surface area contributed by atoms with Crippen LogP contribution in [-0.4, -0.2) is 23.2 Å². The highest BCUT2D eigenvalue weighted by molar-refractivity contribution is 6.05. The lowest BCUT2D eigenvalue weighted by Gasteiger charge is -1.99. The molecule has 0 bridgehead atoms. The number of aliphatic hydroxyl groups excluding tert-OH is 1. The van der Waals surface area contributed by atoms with Gasteiger partial charge in [-0.2, -0.15) is 0 Å². The van der Waals surface area contributed by atoms with Crippen molar-refractivity contribution >= 4 is 12.0 Å². The predicted molar refractivity (Wildman–Crippen MR) is 27.3 cm³/mol. The van der Waals surface area contributed by atoms with Crippen LogP contribution in [0.2, 0.25) is 0 Å². The maximum atomic E-state index is 10.3. The number of ketones is 1. The van der Waals surface area contributed by atoms with Crippen molar-refractivity contribution in [1.29, 1.82) is 0 Å². The molecule has 0 aromatic heterocycles. The number of aliphatic hydroxyl groups is 1. The van der Waals surface area contributed by atoms with E-state index in [9.17, 15) is 4.79 Å². The molecule has 0 aromatic carbocycles. The number of hydrogen-bond donors (Lipinski definition) is 1. The Hall–Kier alpha value is -0.960. The molecular formula is C5H4NO2. The van der Waals surface area contributed by atoms with E-state index in [-0.39, 0.29) is 5.78 Å². The lowest BCUT2D eigenvalue weighted by Crippen LogP contribution is -2.21. The zero-order chi connectivity index (χ0) is 5.98. The van der Waals surface area contributed by atoms with Gasteiger partial charge < -0.3 is 5.11 Å². The van der Waals surface area contributed by atoms with Crippen LogP contribution in [0.5, 0.6) is 0 Å². The van der Waals surface area contributed by atoms with Gasteiger partial charge in [-0.25, -0.2) is 0 Å². The van der Waals surface area contributed by atoms with Crippen LogP contribution in [0.15, 0.2) is 11.1 Å². The molecule has 1 N–H and O–H groups in total. The van der Waals surface area contributed by atoms with Crippen molar-refractivity contribution in [3.05, 3.63) is 12.3 Å². The van der Waals surface area contributed by atoms with Gasteiger partial charge in [-0.05, 0) is 0 Å². The summed E-state index contributed by atoms with van der Waals surface area (Å²) in [5.74, 6) is -0.361. The fourth-order valence-electron chi connectivity index (χ4n) is 0.373. The van der Waals surface area contributed by atoms with Crippen molar-refractivity contribution in [2.75, 3.05) is 0 Å². The Balaban J connectivity index is 2.74. The Morgan fingerprint density at radius 2 is 2.62 bits per heavy atom. The molecule has 1 rings (SSSR count). The first-order valence-electron chi connectivity index (χ1n) is 2.14. The number of rotatable bonds is 0. The molecule has 41 valence electrons. The second-order valence-electron chi connectivity index (χ2n) is 1.40. The molecule has 1 heterocycles. The van der Waals surface area contributed by atoms with Gasteiger partial charge in [0.25, 0.3) is 0 Å². The smallest absolute Gasteiger partial charge is 0.191 e. The molecule has 0 amide bonds. The molecule has 3 heteroatoms. The average Bonchev–Trinajstić information content (AvgIpc) is 1.77. The van der Waals surface area contributed by atoms with Crippen LogP contribution < -0.4 is 0 Å². The quantitative estimate of drug-likeness (QED) is 0.449. The molecule has 0 saturated carbocycles. The van der Waals surface area contributed by atoms with Crippen LogP contribution in [-0.2, 0) is 4.79 Å². The second kappa shape index (κ2) is 1.88. The molecule has 1 aliphatic rings. The van der Waals surface area contributed by atoms with Crippen LogP contribution >= 0.6 is 0 Å². The summed E-state index contributed by atoms with van der Waals surface area (Å²) in [6, 6.07) is 0. The molecule has 0 aliphatic carbocycles. The maximum absolute atomic E-state index is 10.3. The van der Waals surface area contributed by atoms with E-state index in [4.69, 9.17) is 5.11 Å². The standard InChI is InChI=1S/C5H4NO2/c7-4-1-2-6-3-5(4)8/h1,3,5,8H. The minimum absolute atomic E-state index is 0.361. The molecule has 8 heavy (non-hydrogen) atoms. The first kappa shape index (κ1) is 5.18. The van der Waals surface area contributed by atoms with Gasteiger partial charge in [0.1, 0.15) is 0 Å². The van der Waals surface area contributed by atoms with Gasteiger partial charge in [-0.1, -0.05) is 0 Å². The number of hydrogen-bond acceptors (Lipinski definition) is 3. The Morgan fingerprint density at radius 1 is 1.88 bits per heavy atom. The number of carbonyl (C=O) groups excluding carboxylic acids is 1. The van der Waals surface area contributed by atoms with Crippen molar-refractivity contribution in [3.63, 3.8) is 0 Å². The van der Waals surface area contributed by atoms with Gasteiger partial charge in [0.15, 0.2) is 11.9 Å². The van der Waals surface area contributed by atoms with Gasteiger partial charge >= 0.3 is 0 Å². The number of nitrogens with zero attached hydrogens (tertiary/aromatic N) is 1. The molecule has 0 spiro atoms. The molecular weight excluding hydrogens is 106 g/mol. The van der Waals surface area contributed by atoms with Crippen LogP contribution in [0.1, 0.15) is 0 Å². The highest BCUT2D eigenvalue weighted by atomic mass is 16.3. The third-order valence-electron chi connectivity index (χ3n) is 0.789. The normalized spacial score (nSPS) is 26.6. The molecule has 3 nitrogen and oxygen atoms in total. The minimum atomic E-state index is -1.05. The van der Waals surface area contributed by atoms with Gasteiger partial charge in [-0.15, -0.1) is 0 Å². The topological polar surface area (TPSA) is 49.7 Å². The van der Waals surface area contributed by atoms with Crippen molar-refractivity contribution in [3.8, 4) is 0 Å². The molecule has 0 fully saturated rings. The first-order chi connectivity index (χ1) is 3.80. The summed E-state index contributed by atoms with van der Waals surface area (Å²) in [4.78, 5) is 13.7. The SMILES string of the molecule is O=C1C=[C]N=CC1O. The number of carbonyl (C=O) groups is 1. The van der Waals surface area contributed by atoms with Crippen LogP contribution in [0.3, 0.4) is 0 Å². The summed E-state index contributed by atoms with van der Waals surface area (Å²) < 4.78 is 0. The Kier molecular flexibility index (Phi) is 1.22. The average molecular weight is 110 g/mol. The van der Waals surface area contributed by atoms with Crippen LogP contribution in [0.4, 0.5) is 0 Å². The summed E-state index contributed by atoms with van der Waals surface area (Å²) in [5.41, 5.74) is 0. The zero-order valence-corrected chi connectivity index (χ0v) is 4.03. The fourth-order valence-corrected chi connectivity index (χ4v) is 0.373. The Bertz CT molecular complexity index is 160. The summed E-state index contributed by atoms with van der Waals surface area (Å²) in [5, 5.41) is 8.61. The number of aliphatic imine (C=N–C) groups is 1. The van der Waals surface area contributed by atoms with Gasteiger partial charge in [-0.3, -0.25) is 9.79 Å². The summed E-state index contributed by atoms with van der Waals surface area (Å²) in [6.45, 7) is 0. The largest absolute Gasteiger partial charge is 0.379 e. The van der Waals surface area contributed by atoms with Gasteiger partial charge in [0, 0.05) is 12.3 Å². The van der Waals surface area contributed by atoms with Crippen molar-refractivity contribution in [2.45, 2.75) is 6.10 Å². The van der Waals surface area contributed by atoms with E-state index in [0.717, 1.165) is 12.3 Å². The first-order valence-corrected chi connectivity index (χ1v) is 2.14. The molecule has 1 radical (unpaired) electrons. The van der Waals surface area contributed by atoms with E-state index in [1.165, 1.54) is 0 Å². The third-order valence-corrected chi connectivity index (χ3v) is 0.789. The van der Waals surface area contributed by atoms with E-state index < -0.39 is 6.10 Å². The van der Waals surface area contributed by atoms with E-state index in [1.807, 2.05) is 0 Å². The predicted octanol–water partition coefficient (Wildman–Crippen LogP) is -0.682. The maximum Gasteiger partial charge on any atom is 0.191 e. The highest BCUT2D eigenvalue weighted by Gasteiger charge is 2.10. The lowest BCUT2D eigenvalue weighted by molar-refractivity contribution is -0.119. The Morgan fingerprint density at radius 3 is 3.00 bits per heavy atom. The summed E-state index contributed by atoms with van der Waals surface area (Å²) in [6.07, 6.45) is 3.51. The van der Waals surface area contributed by atoms with Crippen molar-refractivity contribution in [2.24, 2.45) is 4.99 Å². The van der Waals surface area contributed by atoms with Crippen molar-refractivity contribution in [1.82, 2.24) is 0 Å². The monoisotopic (exact) mass is 110 g/mol. The van der Waals surface area contributed by atoms with Gasteiger partial charge in [0.2, 0.25) is 0 Å². The van der Waals surface area contributed by atoms with Gasteiger partial charge in [0.05, 0.1) is 6.20 Å². The molecule has 0 aromatic rings. The highest BCUT2D eigenvalue weighted by Crippen LogP contribution is 1.90. The fraction of sp³-hybridized carbons (Fsp3) is 0.200. The third kappa shape index (κ3) is 0.816. The summed E-state index contributed by atoms with van der Waals surface area (Å²) in [7, 11) is 0. The molecule has 1 unspecified atom stereocenters. The zero-order valence-electron chi connectivity index (χ0n) is 4.03. The molecule has 1 aliphatic heterocycles. The van der Waals surface area contributed by atoms with E-state index in [2.05, 4.69) is 11.2 Å². The Labute approximate surface area is 46.4 Å². The molecule has 0 saturated heterocycles. The molecule has 1 atom stereocenters. The van der Waals surface area contributed by atoms with E-state index in [0.29, 0.717) is 0 Å². The van der Waals surface area contributed by atoms with E-state index >= 15 is 0 Å². The van der Waals surface area contributed by atoms with Crippen LogP contribution in [0, 0.1) is 6.20 Å². The van der Waals surface area contributed by atoms with E-state index in [1.54, 1.807) is 0 Å². The summed E-state index contributed by atoms with van der Waals surface area (Å²) >= 11 is 0. The van der Waals surface area contributed by atoms with Crippen LogP contribution in [0.25, 0.3) is 0 Å². The van der Waals surface area contributed by atoms with Crippen molar-refractivity contribution < 1.29 is 9.90 Å². The minimum Gasteiger partial charge on any atom is -0.379 e.